The minimum Gasteiger partial charge on any atom is -0.409 e. The molecule has 0 saturated carbocycles. The molecular formula is C13H27N3O3S. The number of nitrogens with one attached hydrogen (secondary N) is 1. The lowest BCUT2D eigenvalue weighted by Crippen LogP contribution is -2.38. The molecule has 0 radical (unpaired) electrons. The molecule has 0 spiro atoms. The Kier molecular flexibility index (Phi) is 6.26. The zero-order valence-corrected chi connectivity index (χ0v) is 13.2. The zero-order valence-electron chi connectivity index (χ0n) is 12.4. The van der Waals surface area contributed by atoms with E-state index in [1.165, 1.54) is 0 Å². The highest BCUT2D eigenvalue weighted by atomic mass is 32.2. The average Bonchev–Trinajstić information content (AvgIpc) is 2.39. The van der Waals surface area contributed by atoms with E-state index < -0.39 is 9.84 Å². The molecule has 6 nitrogen and oxygen atoms in total. The van der Waals surface area contributed by atoms with Crippen LogP contribution in [0.1, 0.15) is 46.0 Å². The predicted molar refractivity (Wildman–Crippen MR) is 80.7 cm³/mol. The first kappa shape index (κ1) is 17.2. The third kappa shape index (κ3) is 5.66. The van der Waals surface area contributed by atoms with Crippen LogP contribution in [0.2, 0.25) is 0 Å². The van der Waals surface area contributed by atoms with Crippen LogP contribution < -0.4 is 11.1 Å². The van der Waals surface area contributed by atoms with Crippen molar-refractivity contribution in [1.82, 2.24) is 5.32 Å². The maximum Gasteiger partial charge on any atom is 0.150 e. The van der Waals surface area contributed by atoms with Gasteiger partial charge < -0.3 is 16.3 Å². The summed E-state index contributed by atoms with van der Waals surface area (Å²) in [6.45, 7) is 4.81. The molecule has 0 bridgehead atoms. The maximum absolute atomic E-state index is 11.3. The standard InChI is InChI=1S/C13H27N3O3S/c1-13(2,12(14)16-17)7-3-4-8-15-11-5-9-20(18,19)10-6-11/h11,15,17H,3-10H2,1-2H3,(H2,14,16). The highest BCUT2D eigenvalue weighted by Crippen LogP contribution is 2.23. The topological polar surface area (TPSA) is 105 Å². The number of hydrogen-bond acceptors (Lipinski definition) is 5. The summed E-state index contributed by atoms with van der Waals surface area (Å²) < 4.78 is 22.6. The Hall–Kier alpha value is -0.820. The quantitative estimate of drug-likeness (QED) is 0.215. The van der Waals surface area contributed by atoms with Gasteiger partial charge >= 0.3 is 0 Å². The third-order valence-electron chi connectivity index (χ3n) is 4.02. The molecule has 4 N–H and O–H groups in total. The van der Waals surface area contributed by atoms with Crippen molar-refractivity contribution in [3.8, 4) is 0 Å². The molecule has 118 valence electrons. The van der Waals surface area contributed by atoms with E-state index in [1.54, 1.807) is 0 Å². The van der Waals surface area contributed by atoms with Crippen LogP contribution in [0.15, 0.2) is 5.16 Å². The number of nitrogens with zero attached hydrogens (tertiary/aromatic N) is 1. The number of hydrogen-bond donors (Lipinski definition) is 3. The Morgan fingerprint density at radius 2 is 1.95 bits per heavy atom. The zero-order chi connectivity index (χ0) is 15.2. The SMILES string of the molecule is CC(C)(CCCCNC1CCS(=O)(=O)CC1)C(N)=NO. The van der Waals surface area contributed by atoms with Gasteiger partial charge in [0.2, 0.25) is 0 Å². The summed E-state index contributed by atoms with van der Waals surface area (Å²) in [4.78, 5) is 0. The average molecular weight is 305 g/mol. The first-order chi connectivity index (χ1) is 9.27. The number of oxime groups is 1. The van der Waals surface area contributed by atoms with E-state index >= 15 is 0 Å². The van der Waals surface area contributed by atoms with Crippen molar-refractivity contribution < 1.29 is 13.6 Å². The fourth-order valence-corrected chi connectivity index (χ4v) is 3.85. The molecule has 1 aliphatic rings. The van der Waals surface area contributed by atoms with E-state index in [9.17, 15) is 8.42 Å². The van der Waals surface area contributed by atoms with Crippen molar-refractivity contribution in [1.29, 1.82) is 0 Å². The summed E-state index contributed by atoms with van der Waals surface area (Å²) in [5, 5.41) is 15.2. The Morgan fingerprint density at radius 1 is 1.35 bits per heavy atom. The van der Waals surface area contributed by atoms with Gasteiger partial charge in [-0.25, -0.2) is 8.42 Å². The number of sulfone groups is 1. The fraction of sp³-hybridized carbons (Fsp3) is 0.923. The second-order valence-corrected chi connectivity index (χ2v) is 8.51. The molecule has 0 aromatic carbocycles. The summed E-state index contributed by atoms with van der Waals surface area (Å²) in [6, 6.07) is 0.329. The second kappa shape index (κ2) is 7.26. The molecule has 0 aliphatic carbocycles. The van der Waals surface area contributed by atoms with Crippen molar-refractivity contribution in [2.45, 2.75) is 52.0 Å². The summed E-state index contributed by atoms with van der Waals surface area (Å²) in [5.41, 5.74) is 5.35. The first-order valence-electron chi connectivity index (χ1n) is 7.19. The summed E-state index contributed by atoms with van der Waals surface area (Å²) >= 11 is 0. The van der Waals surface area contributed by atoms with Crippen LogP contribution >= 0.6 is 0 Å². The van der Waals surface area contributed by atoms with Gasteiger partial charge in [-0.2, -0.15) is 0 Å². The second-order valence-electron chi connectivity index (χ2n) is 6.21. The van der Waals surface area contributed by atoms with Gasteiger partial charge in [-0.05, 0) is 32.2 Å². The van der Waals surface area contributed by atoms with Crippen molar-refractivity contribution in [3.05, 3.63) is 0 Å². The Morgan fingerprint density at radius 3 is 2.50 bits per heavy atom. The van der Waals surface area contributed by atoms with Gasteiger partial charge in [0.25, 0.3) is 0 Å². The fourth-order valence-electron chi connectivity index (χ4n) is 2.36. The molecule has 1 rings (SSSR count). The molecule has 20 heavy (non-hydrogen) atoms. The number of unbranched alkanes of at least 4 members (excludes halogenated alkanes) is 1. The normalized spacial score (nSPS) is 21.0. The molecular weight excluding hydrogens is 278 g/mol. The van der Waals surface area contributed by atoms with Crippen LogP contribution in [-0.2, 0) is 9.84 Å². The Labute approximate surface area is 121 Å². The minimum atomic E-state index is -2.77. The van der Waals surface area contributed by atoms with E-state index in [1.807, 2.05) is 13.8 Å². The molecule has 0 aromatic rings. The van der Waals surface area contributed by atoms with Crippen LogP contribution in [0.3, 0.4) is 0 Å². The largest absolute Gasteiger partial charge is 0.409 e. The van der Waals surface area contributed by atoms with Gasteiger partial charge in [0.1, 0.15) is 15.7 Å². The molecule has 0 amide bonds. The molecule has 0 aromatic heterocycles. The van der Waals surface area contributed by atoms with Gasteiger partial charge in [-0.15, -0.1) is 0 Å². The maximum atomic E-state index is 11.3. The minimum absolute atomic E-state index is 0.267. The molecule has 1 saturated heterocycles. The van der Waals surface area contributed by atoms with Crippen molar-refractivity contribution in [3.63, 3.8) is 0 Å². The Balaban J connectivity index is 2.14. The van der Waals surface area contributed by atoms with E-state index in [0.29, 0.717) is 17.5 Å². The highest BCUT2D eigenvalue weighted by Gasteiger charge is 2.24. The van der Waals surface area contributed by atoms with Crippen LogP contribution in [0.5, 0.6) is 0 Å². The van der Waals surface area contributed by atoms with Crippen LogP contribution in [-0.4, -0.2) is 43.6 Å². The summed E-state index contributed by atoms with van der Waals surface area (Å²) in [7, 11) is -2.77. The number of rotatable bonds is 7. The van der Waals surface area contributed by atoms with Crippen molar-refractivity contribution in [2.75, 3.05) is 18.1 Å². The smallest absolute Gasteiger partial charge is 0.150 e. The summed E-state index contributed by atoms with van der Waals surface area (Å²) in [6.07, 6.45) is 4.30. The monoisotopic (exact) mass is 305 g/mol. The summed E-state index contributed by atoms with van der Waals surface area (Å²) in [5.74, 6) is 0.880. The molecule has 1 fully saturated rings. The van der Waals surface area contributed by atoms with Gasteiger partial charge in [0.15, 0.2) is 0 Å². The lowest BCUT2D eigenvalue weighted by Gasteiger charge is -2.24. The first-order valence-corrected chi connectivity index (χ1v) is 9.01. The van der Waals surface area contributed by atoms with E-state index in [0.717, 1.165) is 38.6 Å². The molecule has 0 atom stereocenters. The lowest BCUT2D eigenvalue weighted by molar-refractivity contribution is 0.304. The molecule has 7 heteroatoms. The van der Waals surface area contributed by atoms with Gasteiger partial charge in [-0.3, -0.25) is 0 Å². The number of amidine groups is 1. The molecule has 1 heterocycles. The van der Waals surface area contributed by atoms with Gasteiger partial charge in [0, 0.05) is 11.5 Å². The highest BCUT2D eigenvalue weighted by molar-refractivity contribution is 7.91. The van der Waals surface area contributed by atoms with Crippen LogP contribution in [0, 0.1) is 5.41 Å². The van der Waals surface area contributed by atoms with E-state index in [4.69, 9.17) is 10.9 Å². The van der Waals surface area contributed by atoms with E-state index in [-0.39, 0.29) is 11.3 Å². The van der Waals surface area contributed by atoms with Crippen molar-refractivity contribution in [2.24, 2.45) is 16.3 Å². The van der Waals surface area contributed by atoms with E-state index in [2.05, 4.69) is 10.5 Å². The predicted octanol–water partition coefficient (Wildman–Crippen LogP) is 1.10. The van der Waals surface area contributed by atoms with Gasteiger partial charge in [-0.1, -0.05) is 25.4 Å². The molecule has 0 unspecified atom stereocenters. The lowest BCUT2D eigenvalue weighted by atomic mass is 9.86. The van der Waals surface area contributed by atoms with Crippen LogP contribution in [0.25, 0.3) is 0 Å². The Bertz CT molecular complexity index is 418. The van der Waals surface area contributed by atoms with Crippen LogP contribution in [0.4, 0.5) is 0 Å². The third-order valence-corrected chi connectivity index (χ3v) is 5.73. The van der Waals surface area contributed by atoms with Gasteiger partial charge in [0.05, 0.1) is 11.5 Å². The van der Waals surface area contributed by atoms with Crippen molar-refractivity contribution >= 4 is 15.7 Å². The molecule has 1 aliphatic heterocycles. The number of nitrogens with two attached hydrogens (primary N) is 1.